The lowest BCUT2D eigenvalue weighted by atomic mass is 10.2. The minimum Gasteiger partial charge on any atom is -0.454 e. The fourth-order valence-corrected chi connectivity index (χ4v) is 3.24. The van der Waals surface area contributed by atoms with Crippen LogP contribution in [0.15, 0.2) is 24.0 Å². The molecule has 1 rings (SSSR count). The number of halogens is 4. The topological polar surface area (TPSA) is 66.8 Å². The first-order valence-corrected chi connectivity index (χ1v) is 7.85. The molecule has 4 nitrogen and oxygen atoms in total. The molecule has 18 heavy (non-hydrogen) atoms. The van der Waals surface area contributed by atoms with Crippen LogP contribution in [-0.4, -0.2) is 35.5 Å². The fraction of sp³-hybridized carbons (Fsp3) is 0.300. The maximum absolute atomic E-state index is 11.9. The van der Waals surface area contributed by atoms with Crippen molar-refractivity contribution in [3.8, 4) is 0 Å². The van der Waals surface area contributed by atoms with E-state index in [1.165, 1.54) is 0 Å². The van der Waals surface area contributed by atoms with E-state index in [4.69, 9.17) is 14.9 Å². The molecule has 0 saturated heterocycles. The predicted octanol–water partition coefficient (Wildman–Crippen LogP) is 3.25. The summed E-state index contributed by atoms with van der Waals surface area (Å²) in [5.74, 6) is -0.635. The van der Waals surface area contributed by atoms with Gasteiger partial charge in [0, 0.05) is 17.9 Å². The van der Waals surface area contributed by atoms with Gasteiger partial charge in [-0.15, -0.1) is 0 Å². The molecule has 0 radical (unpaired) electrons. The Morgan fingerprint density at radius 2 is 1.67 bits per heavy atom. The molecule has 2 N–H and O–H groups in total. The molecule has 8 heteroatoms. The molecule has 1 aromatic carbocycles. The van der Waals surface area contributed by atoms with Crippen LogP contribution in [-0.2, 0) is 4.74 Å². The molecule has 0 amide bonds. The molecule has 0 fully saturated rings. The number of hydrogen-bond acceptors (Lipinski definition) is 4. The summed E-state index contributed by atoms with van der Waals surface area (Å²) >= 11 is 13.2. The number of benzene rings is 1. The molecule has 0 aliphatic rings. The zero-order valence-electron chi connectivity index (χ0n) is 8.79. The van der Waals surface area contributed by atoms with Crippen LogP contribution in [0.5, 0.6) is 0 Å². The highest BCUT2D eigenvalue weighted by atomic mass is 79.9. The van der Waals surface area contributed by atoms with Crippen molar-refractivity contribution < 1.29 is 19.7 Å². The zero-order chi connectivity index (χ0) is 13.9. The third-order valence-electron chi connectivity index (χ3n) is 2.00. The standard InChI is InChI=1S/C10H8Br4O4/c11-6-1-5(7(12)9(14)8(6)13)10(17)18-4(2-15)3-16/h1,4,15-16H,2-3H2. The van der Waals surface area contributed by atoms with Crippen molar-refractivity contribution in [3.63, 3.8) is 0 Å². The van der Waals surface area contributed by atoms with Gasteiger partial charge in [0.2, 0.25) is 0 Å². The summed E-state index contributed by atoms with van der Waals surface area (Å²) < 4.78 is 7.56. The van der Waals surface area contributed by atoms with Crippen LogP contribution in [0.25, 0.3) is 0 Å². The Labute approximate surface area is 137 Å². The lowest BCUT2D eigenvalue weighted by Crippen LogP contribution is -2.25. The van der Waals surface area contributed by atoms with Crippen LogP contribution in [0.4, 0.5) is 0 Å². The maximum atomic E-state index is 11.9. The summed E-state index contributed by atoms with van der Waals surface area (Å²) in [6.07, 6.45) is -0.925. The molecule has 0 saturated carbocycles. The van der Waals surface area contributed by atoms with E-state index in [1.54, 1.807) is 6.07 Å². The van der Waals surface area contributed by atoms with Gasteiger partial charge in [-0.3, -0.25) is 0 Å². The number of esters is 1. The van der Waals surface area contributed by atoms with Crippen LogP contribution in [0.3, 0.4) is 0 Å². The molecular formula is C10H8Br4O4. The summed E-state index contributed by atoms with van der Waals surface area (Å²) in [7, 11) is 0. The molecule has 0 atom stereocenters. The highest BCUT2D eigenvalue weighted by Crippen LogP contribution is 2.39. The lowest BCUT2D eigenvalue weighted by molar-refractivity contribution is -0.00554. The molecule has 0 aliphatic carbocycles. The first-order valence-electron chi connectivity index (χ1n) is 4.68. The number of aliphatic hydroxyl groups is 2. The number of hydrogen-bond donors (Lipinski definition) is 2. The van der Waals surface area contributed by atoms with Gasteiger partial charge in [-0.2, -0.15) is 0 Å². The van der Waals surface area contributed by atoms with Crippen LogP contribution in [0, 0.1) is 0 Å². The molecule has 0 aromatic heterocycles. The third kappa shape index (κ3) is 3.77. The minimum absolute atomic E-state index is 0.281. The van der Waals surface area contributed by atoms with Gasteiger partial charge in [-0.1, -0.05) is 0 Å². The Balaban J connectivity index is 3.07. The van der Waals surface area contributed by atoms with Gasteiger partial charge >= 0.3 is 5.97 Å². The number of carbonyl (C=O) groups is 1. The van der Waals surface area contributed by atoms with Gasteiger partial charge in [0.1, 0.15) is 6.10 Å². The van der Waals surface area contributed by atoms with E-state index < -0.39 is 25.3 Å². The summed E-state index contributed by atoms with van der Waals surface area (Å²) in [5, 5.41) is 17.7. The molecule has 100 valence electrons. The predicted molar refractivity (Wildman–Crippen MR) is 80.6 cm³/mol. The van der Waals surface area contributed by atoms with E-state index in [0.29, 0.717) is 13.4 Å². The largest absolute Gasteiger partial charge is 0.454 e. The Morgan fingerprint density at radius 1 is 1.11 bits per heavy atom. The second-order valence-electron chi connectivity index (χ2n) is 3.24. The molecule has 1 aromatic rings. The van der Waals surface area contributed by atoms with Crippen molar-refractivity contribution in [1.29, 1.82) is 0 Å². The Bertz CT molecular complexity index is 460. The molecule has 0 bridgehead atoms. The van der Waals surface area contributed by atoms with Crippen LogP contribution >= 0.6 is 63.7 Å². The Kier molecular flexibility index (Phi) is 6.77. The summed E-state index contributed by atoms with van der Waals surface area (Å²) in [5.41, 5.74) is 0.281. The van der Waals surface area contributed by atoms with Gasteiger partial charge in [-0.05, 0) is 69.8 Å². The van der Waals surface area contributed by atoms with Gasteiger partial charge < -0.3 is 14.9 Å². The fourth-order valence-electron chi connectivity index (χ4n) is 1.07. The molecule has 0 heterocycles. The second-order valence-corrected chi connectivity index (χ2v) is 6.47. The highest BCUT2D eigenvalue weighted by molar-refractivity contribution is 9.15. The van der Waals surface area contributed by atoms with Crippen molar-refractivity contribution in [1.82, 2.24) is 0 Å². The summed E-state index contributed by atoms with van der Waals surface area (Å²) in [6.45, 7) is -0.864. The van der Waals surface area contributed by atoms with Crippen LogP contribution < -0.4 is 0 Å². The Morgan fingerprint density at radius 3 is 2.17 bits per heavy atom. The SMILES string of the molecule is O=C(OC(CO)CO)c1cc(Br)c(Br)c(Br)c1Br. The lowest BCUT2D eigenvalue weighted by Gasteiger charge is -2.14. The molecule has 0 aliphatic heterocycles. The van der Waals surface area contributed by atoms with E-state index in [9.17, 15) is 4.79 Å². The van der Waals surface area contributed by atoms with Gasteiger partial charge in [-0.25, -0.2) is 4.79 Å². The quantitative estimate of drug-likeness (QED) is 0.370. The monoisotopic (exact) mass is 508 g/mol. The van der Waals surface area contributed by atoms with E-state index >= 15 is 0 Å². The third-order valence-corrected chi connectivity index (χ3v) is 6.67. The van der Waals surface area contributed by atoms with Crippen LogP contribution in [0.1, 0.15) is 10.4 Å². The summed E-state index contributed by atoms with van der Waals surface area (Å²) in [6, 6.07) is 1.58. The molecule has 0 unspecified atom stereocenters. The number of ether oxygens (including phenoxy) is 1. The van der Waals surface area contributed by atoms with Crippen molar-refractivity contribution in [3.05, 3.63) is 29.5 Å². The first kappa shape index (κ1) is 16.6. The number of carbonyl (C=O) groups excluding carboxylic acids is 1. The Hall–Kier alpha value is 0.530. The number of rotatable bonds is 4. The second kappa shape index (κ2) is 7.35. The van der Waals surface area contributed by atoms with E-state index in [1.807, 2.05) is 0 Å². The first-order chi connectivity index (χ1) is 8.42. The van der Waals surface area contributed by atoms with Crippen molar-refractivity contribution in [2.75, 3.05) is 13.2 Å². The maximum Gasteiger partial charge on any atom is 0.339 e. The van der Waals surface area contributed by atoms with Crippen molar-refractivity contribution >= 4 is 69.7 Å². The molecular weight excluding hydrogens is 504 g/mol. The minimum atomic E-state index is -0.925. The van der Waals surface area contributed by atoms with Gasteiger partial charge in [0.05, 0.1) is 18.8 Å². The van der Waals surface area contributed by atoms with Gasteiger partial charge in [0.15, 0.2) is 0 Å². The number of aliphatic hydroxyl groups excluding tert-OH is 2. The van der Waals surface area contributed by atoms with E-state index in [2.05, 4.69) is 63.7 Å². The van der Waals surface area contributed by atoms with E-state index in [0.717, 1.165) is 4.47 Å². The molecule has 0 spiro atoms. The highest BCUT2D eigenvalue weighted by Gasteiger charge is 2.21. The van der Waals surface area contributed by atoms with Crippen LogP contribution in [0.2, 0.25) is 0 Å². The average molecular weight is 512 g/mol. The van der Waals surface area contributed by atoms with Crippen molar-refractivity contribution in [2.45, 2.75) is 6.10 Å². The average Bonchev–Trinajstić information content (AvgIpc) is 2.37. The van der Waals surface area contributed by atoms with Gasteiger partial charge in [0.25, 0.3) is 0 Å². The van der Waals surface area contributed by atoms with Crippen molar-refractivity contribution in [2.24, 2.45) is 0 Å². The van der Waals surface area contributed by atoms with E-state index in [-0.39, 0.29) is 5.56 Å². The summed E-state index contributed by atoms with van der Waals surface area (Å²) in [4.78, 5) is 11.9. The normalized spacial score (nSPS) is 10.8. The zero-order valence-corrected chi connectivity index (χ0v) is 15.1. The smallest absolute Gasteiger partial charge is 0.339 e.